The van der Waals surface area contributed by atoms with Crippen LogP contribution >= 0.6 is 11.3 Å². The van der Waals surface area contributed by atoms with Crippen LogP contribution in [0.2, 0.25) is 0 Å². The Morgan fingerprint density at radius 3 is 2.86 bits per heavy atom. The van der Waals surface area contributed by atoms with Crippen LogP contribution in [-0.2, 0) is 6.42 Å². The molecule has 0 aliphatic rings. The summed E-state index contributed by atoms with van der Waals surface area (Å²) >= 11 is 1.80. The molecule has 0 spiro atoms. The van der Waals surface area contributed by atoms with E-state index in [9.17, 15) is 0 Å². The van der Waals surface area contributed by atoms with E-state index >= 15 is 0 Å². The number of pyridine rings is 1. The number of hydrogen-bond acceptors (Lipinski definition) is 4. The summed E-state index contributed by atoms with van der Waals surface area (Å²) in [6.07, 6.45) is 2.82. The summed E-state index contributed by atoms with van der Waals surface area (Å²) in [5, 5.41) is 3.14. The molecule has 3 aromatic rings. The molecule has 2 N–H and O–H groups in total. The summed E-state index contributed by atoms with van der Waals surface area (Å²) in [6.45, 7) is 2.23. The number of likely N-dealkylation sites (N-methyl/N-ethyl adjacent to an activating group) is 1. The zero-order chi connectivity index (χ0) is 14.8. The molecule has 2 heterocycles. The fourth-order valence-electron chi connectivity index (χ4n) is 2.57. The molecule has 0 amide bonds. The summed E-state index contributed by atoms with van der Waals surface area (Å²) in [6, 6.07) is 12.7. The number of nitrogens with zero attached hydrogens (tertiary/aromatic N) is 2. The zero-order valence-corrected chi connectivity index (χ0v) is 13.1. The fraction of sp³-hybridized carbons (Fsp3) is 0.235. The third kappa shape index (κ3) is 2.72. The number of anilines is 2. The van der Waals surface area contributed by atoms with Crippen molar-refractivity contribution in [3.05, 3.63) is 52.9 Å². The first-order chi connectivity index (χ1) is 10.2. The molecule has 3 rings (SSSR count). The van der Waals surface area contributed by atoms with Gasteiger partial charge < -0.3 is 10.6 Å². The van der Waals surface area contributed by atoms with Crippen molar-refractivity contribution in [2.45, 2.75) is 19.4 Å². The highest BCUT2D eigenvalue weighted by molar-refractivity contribution is 7.09. The first kappa shape index (κ1) is 13.9. The van der Waals surface area contributed by atoms with Crippen LogP contribution in [0, 0.1) is 0 Å². The first-order valence-electron chi connectivity index (χ1n) is 7.05. The Bertz CT molecular complexity index is 737. The Kier molecular flexibility index (Phi) is 3.80. The van der Waals surface area contributed by atoms with Gasteiger partial charge in [0.15, 0.2) is 0 Å². The average Bonchev–Trinajstić information content (AvgIpc) is 3.00. The third-order valence-corrected chi connectivity index (χ3v) is 4.82. The highest BCUT2D eigenvalue weighted by atomic mass is 32.1. The van der Waals surface area contributed by atoms with E-state index in [1.807, 2.05) is 18.2 Å². The molecular weight excluding hydrogens is 278 g/mol. The van der Waals surface area contributed by atoms with E-state index < -0.39 is 0 Å². The summed E-state index contributed by atoms with van der Waals surface area (Å²) in [5.41, 5.74) is 9.17. The second-order valence-electron chi connectivity index (χ2n) is 5.31. The lowest BCUT2D eigenvalue weighted by molar-refractivity contribution is 0.689. The third-order valence-electron chi connectivity index (χ3n) is 3.92. The van der Waals surface area contributed by atoms with Crippen molar-refractivity contribution in [3.63, 3.8) is 0 Å². The number of nitrogens with two attached hydrogens (primary N) is 1. The van der Waals surface area contributed by atoms with E-state index in [2.05, 4.69) is 47.4 Å². The number of nitrogen functional groups attached to an aromatic ring is 1. The molecule has 0 fully saturated rings. The Labute approximate surface area is 129 Å². The lowest BCUT2D eigenvalue weighted by Gasteiger charge is -2.28. The predicted octanol–water partition coefficient (Wildman–Crippen LogP) is 3.95. The molecule has 108 valence electrons. The van der Waals surface area contributed by atoms with E-state index in [1.165, 1.54) is 4.88 Å². The van der Waals surface area contributed by atoms with Crippen LogP contribution in [-0.4, -0.2) is 18.1 Å². The maximum Gasteiger partial charge on any atom is 0.0724 e. The van der Waals surface area contributed by atoms with Crippen LogP contribution in [0.15, 0.2) is 48.0 Å². The van der Waals surface area contributed by atoms with Crippen molar-refractivity contribution in [2.75, 3.05) is 17.7 Å². The summed E-state index contributed by atoms with van der Waals surface area (Å²) < 4.78 is 0. The molecule has 0 saturated heterocycles. The summed E-state index contributed by atoms with van der Waals surface area (Å²) in [7, 11) is 2.10. The monoisotopic (exact) mass is 297 g/mol. The van der Waals surface area contributed by atoms with E-state index in [1.54, 1.807) is 17.5 Å². The first-order valence-corrected chi connectivity index (χ1v) is 7.93. The highest BCUT2D eigenvalue weighted by Crippen LogP contribution is 2.31. The second-order valence-corrected chi connectivity index (χ2v) is 6.34. The van der Waals surface area contributed by atoms with Crippen LogP contribution in [0.25, 0.3) is 10.9 Å². The van der Waals surface area contributed by atoms with Gasteiger partial charge in [0.25, 0.3) is 0 Å². The fourth-order valence-corrected chi connectivity index (χ4v) is 3.39. The zero-order valence-electron chi connectivity index (χ0n) is 12.3. The minimum atomic E-state index is 0.389. The lowest BCUT2D eigenvalue weighted by Crippen LogP contribution is -2.31. The van der Waals surface area contributed by atoms with Crippen molar-refractivity contribution in [3.8, 4) is 0 Å². The number of thiophene rings is 1. The number of hydrogen-bond donors (Lipinski definition) is 1. The number of benzene rings is 1. The average molecular weight is 297 g/mol. The van der Waals surface area contributed by atoms with Gasteiger partial charge >= 0.3 is 0 Å². The molecule has 0 saturated carbocycles. The second kappa shape index (κ2) is 5.74. The van der Waals surface area contributed by atoms with Crippen LogP contribution < -0.4 is 10.6 Å². The molecule has 4 heteroatoms. The molecule has 0 bridgehead atoms. The Morgan fingerprint density at radius 2 is 2.10 bits per heavy atom. The van der Waals surface area contributed by atoms with Gasteiger partial charge in [-0.05, 0) is 42.6 Å². The molecule has 0 radical (unpaired) electrons. The topological polar surface area (TPSA) is 42.2 Å². The van der Waals surface area contributed by atoms with Crippen molar-refractivity contribution < 1.29 is 0 Å². The quantitative estimate of drug-likeness (QED) is 0.742. The van der Waals surface area contributed by atoms with Crippen LogP contribution in [0.5, 0.6) is 0 Å². The largest absolute Gasteiger partial charge is 0.396 e. The van der Waals surface area contributed by atoms with Gasteiger partial charge in [-0.15, -0.1) is 11.3 Å². The lowest BCUT2D eigenvalue weighted by atomic mass is 10.1. The molecule has 3 nitrogen and oxygen atoms in total. The summed E-state index contributed by atoms with van der Waals surface area (Å²) in [5.74, 6) is 0. The van der Waals surface area contributed by atoms with Crippen molar-refractivity contribution in [1.82, 2.24) is 4.98 Å². The maximum absolute atomic E-state index is 6.35. The molecule has 1 unspecified atom stereocenters. The van der Waals surface area contributed by atoms with Gasteiger partial charge in [0.2, 0.25) is 0 Å². The minimum absolute atomic E-state index is 0.389. The normalized spacial score (nSPS) is 12.5. The van der Waals surface area contributed by atoms with Gasteiger partial charge in [0, 0.05) is 36.0 Å². The van der Waals surface area contributed by atoms with Gasteiger partial charge in [-0.25, -0.2) is 0 Å². The summed E-state index contributed by atoms with van der Waals surface area (Å²) in [4.78, 5) is 8.00. The van der Waals surface area contributed by atoms with Gasteiger partial charge in [0.05, 0.1) is 16.9 Å². The molecule has 0 aliphatic carbocycles. The predicted molar refractivity (Wildman–Crippen MR) is 92.0 cm³/mol. The molecule has 1 aromatic carbocycles. The molecular formula is C17H19N3S. The van der Waals surface area contributed by atoms with E-state index in [-0.39, 0.29) is 0 Å². The van der Waals surface area contributed by atoms with Gasteiger partial charge in [0.1, 0.15) is 0 Å². The van der Waals surface area contributed by atoms with Crippen molar-refractivity contribution in [1.29, 1.82) is 0 Å². The number of aromatic nitrogens is 1. The van der Waals surface area contributed by atoms with E-state index in [0.717, 1.165) is 28.7 Å². The van der Waals surface area contributed by atoms with Crippen LogP contribution in [0.3, 0.4) is 0 Å². The maximum atomic E-state index is 6.35. The Hall–Kier alpha value is -2.07. The molecule has 1 atom stereocenters. The van der Waals surface area contributed by atoms with Crippen molar-refractivity contribution in [2.24, 2.45) is 0 Å². The smallest absolute Gasteiger partial charge is 0.0724 e. The molecule has 21 heavy (non-hydrogen) atoms. The van der Waals surface area contributed by atoms with Crippen LogP contribution in [0.1, 0.15) is 11.8 Å². The van der Waals surface area contributed by atoms with Gasteiger partial charge in [-0.1, -0.05) is 6.07 Å². The number of fused-ring (bicyclic) bond motifs is 1. The SMILES string of the molecule is CC(Cc1cccs1)N(C)c1ccc2ncccc2c1N. The molecule has 2 aromatic heterocycles. The Morgan fingerprint density at radius 1 is 1.24 bits per heavy atom. The standard InChI is InChI=1S/C17H19N3S/c1-12(11-13-5-4-10-21-13)20(2)16-8-7-15-14(17(16)18)6-3-9-19-15/h3-10,12H,11,18H2,1-2H3. The van der Waals surface area contributed by atoms with E-state index in [0.29, 0.717) is 6.04 Å². The van der Waals surface area contributed by atoms with Gasteiger partial charge in [-0.2, -0.15) is 0 Å². The Balaban J connectivity index is 1.90. The van der Waals surface area contributed by atoms with Crippen LogP contribution in [0.4, 0.5) is 11.4 Å². The minimum Gasteiger partial charge on any atom is -0.396 e. The highest BCUT2D eigenvalue weighted by Gasteiger charge is 2.15. The van der Waals surface area contributed by atoms with E-state index in [4.69, 9.17) is 5.73 Å². The van der Waals surface area contributed by atoms with Gasteiger partial charge in [-0.3, -0.25) is 4.98 Å². The molecule has 0 aliphatic heterocycles. The number of rotatable bonds is 4. The van der Waals surface area contributed by atoms with Crippen molar-refractivity contribution >= 4 is 33.6 Å².